The number of fused-ring (bicyclic) bond motifs is 7. The number of aromatic nitrogens is 1. The Hall–Kier alpha value is -7.43. The fraction of sp³-hybridized carbons (Fsp3) is 0. The van der Waals surface area contributed by atoms with Gasteiger partial charge in [-0.2, -0.15) is 0 Å². The highest BCUT2D eigenvalue weighted by Crippen LogP contribution is 2.41. The number of nitrogens with zero attached hydrogens (tertiary/aromatic N) is 2. The van der Waals surface area contributed by atoms with Crippen LogP contribution >= 0.6 is 0 Å². The molecule has 0 aliphatic heterocycles. The minimum Gasteiger partial charge on any atom is -0.455 e. The molecule has 4 nitrogen and oxygen atoms in total. The van der Waals surface area contributed by atoms with Crippen molar-refractivity contribution in [2.24, 2.45) is 0 Å². The van der Waals surface area contributed by atoms with Crippen LogP contribution in [0.4, 0.5) is 17.1 Å². The van der Waals surface area contributed by atoms with Crippen molar-refractivity contribution in [3.63, 3.8) is 0 Å². The first-order chi connectivity index (χ1) is 27.2. The Morgan fingerprint density at radius 2 is 0.964 bits per heavy atom. The van der Waals surface area contributed by atoms with Crippen LogP contribution in [-0.4, -0.2) is 4.98 Å². The maximum absolute atomic E-state index is 6.58. The van der Waals surface area contributed by atoms with Gasteiger partial charge in [-0.05, 0) is 98.9 Å². The fourth-order valence-corrected chi connectivity index (χ4v) is 8.05. The first-order valence-corrected chi connectivity index (χ1v) is 18.5. The van der Waals surface area contributed by atoms with E-state index in [1.807, 2.05) is 42.5 Å². The molecule has 11 rings (SSSR count). The average molecular weight is 705 g/mol. The molecule has 0 fully saturated rings. The summed E-state index contributed by atoms with van der Waals surface area (Å²) in [6, 6.07) is 68.2. The predicted octanol–water partition coefficient (Wildman–Crippen LogP) is 14.5. The minimum absolute atomic E-state index is 0.604. The lowest BCUT2D eigenvalue weighted by Gasteiger charge is -2.26. The highest BCUT2D eigenvalue weighted by atomic mass is 16.4. The molecule has 0 spiro atoms. The maximum Gasteiger partial charge on any atom is 0.227 e. The van der Waals surface area contributed by atoms with Crippen molar-refractivity contribution in [1.82, 2.24) is 4.98 Å². The molecule has 0 aliphatic rings. The molecule has 2 aromatic heterocycles. The van der Waals surface area contributed by atoms with E-state index in [0.29, 0.717) is 5.89 Å². The molecule has 0 atom stereocenters. The molecular formula is C51H32N2O2. The van der Waals surface area contributed by atoms with Crippen molar-refractivity contribution in [3.05, 3.63) is 194 Å². The quantitative estimate of drug-likeness (QED) is 0.162. The van der Waals surface area contributed by atoms with E-state index in [1.54, 1.807) is 0 Å². The maximum atomic E-state index is 6.58. The summed E-state index contributed by atoms with van der Waals surface area (Å²) in [6.45, 7) is 0. The Balaban J connectivity index is 0.959. The van der Waals surface area contributed by atoms with Crippen LogP contribution < -0.4 is 4.90 Å². The summed E-state index contributed by atoms with van der Waals surface area (Å²) in [7, 11) is 0. The Labute approximate surface area is 317 Å². The molecule has 0 N–H and O–H groups in total. The number of para-hydroxylation sites is 2. The van der Waals surface area contributed by atoms with E-state index in [9.17, 15) is 0 Å². The lowest BCUT2D eigenvalue weighted by Crippen LogP contribution is -2.09. The first-order valence-electron chi connectivity index (χ1n) is 18.5. The predicted molar refractivity (Wildman–Crippen MR) is 227 cm³/mol. The van der Waals surface area contributed by atoms with E-state index in [1.165, 1.54) is 32.7 Å². The third-order valence-electron chi connectivity index (χ3n) is 10.7. The van der Waals surface area contributed by atoms with Crippen LogP contribution in [0.1, 0.15) is 0 Å². The van der Waals surface area contributed by atoms with Gasteiger partial charge < -0.3 is 13.7 Å². The zero-order chi connectivity index (χ0) is 36.3. The van der Waals surface area contributed by atoms with Gasteiger partial charge in [-0.3, -0.25) is 0 Å². The number of hydrogen-bond acceptors (Lipinski definition) is 4. The second-order valence-corrected chi connectivity index (χ2v) is 13.9. The van der Waals surface area contributed by atoms with Gasteiger partial charge in [0.2, 0.25) is 5.89 Å². The minimum atomic E-state index is 0.604. The summed E-state index contributed by atoms with van der Waals surface area (Å²) in [5.41, 5.74) is 11.9. The number of anilines is 3. The summed E-state index contributed by atoms with van der Waals surface area (Å²) in [4.78, 5) is 7.08. The van der Waals surface area contributed by atoms with E-state index >= 15 is 0 Å². The van der Waals surface area contributed by atoms with Crippen molar-refractivity contribution < 1.29 is 8.83 Å². The highest BCUT2D eigenvalue weighted by Gasteiger charge is 2.18. The lowest BCUT2D eigenvalue weighted by molar-refractivity contribution is 0.620. The van der Waals surface area contributed by atoms with Crippen molar-refractivity contribution in [1.29, 1.82) is 0 Å². The normalized spacial score (nSPS) is 11.6. The molecule has 4 heteroatoms. The van der Waals surface area contributed by atoms with Gasteiger partial charge in [-0.15, -0.1) is 0 Å². The van der Waals surface area contributed by atoms with E-state index in [4.69, 9.17) is 13.8 Å². The number of rotatable bonds is 6. The van der Waals surface area contributed by atoms with Gasteiger partial charge in [-0.25, -0.2) is 4.98 Å². The van der Waals surface area contributed by atoms with Crippen LogP contribution in [0.15, 0.2) is 203 Å². The number of hydrogen-bond donors (Lipinski definition) is 0. The molecule has 0 amide bonds. The van der Waals surface area contributed by atoms with Crippen LogP contribution in [-0.2, 0) is 0 Å². The molecule has 2 heterocycles. The molecule has 11 aromatic rings. The van der Waals surface area contributed by atoms with Crippen LogP contribution in [0.25, 0.3) is 88.3 Å². The summed E-state index contributed by atoms with van der Waals surface area (Å²) < 4.78 is 12.8. The standard InChI is InChI=1S/C51H32N2O2/c1-3-12-35(13-4-1)51-52-47-32-48-46(31-49(47)55-51)44-21-11-20-41(50(44)54-48)33-22-26-38(27-23-33)53(37-15-5-2-6-16-37)39-28-24-34(25-29-39)45-30-36-14-7-8-17-40(36)42-18-9-10-19-43(42)45/h1-32H. The van der Waals surface area contributed by atoms with Gasteiger partial charge in [0.25, 0.3) is 0 Å². The fourth-order valence-electron chi connectivity index (χ4n) is 8.05. The van der Waals surface area contributed by atoms with Crippen molar-refractivity contribution in [2.75, 3.05) is 4.90 Å². The molecule has 0 unspecified atom stereocenters. The third-order valence-corrected chi connectivity index (χ3v) is 10.7. The Morgan fingerprint density at radius 3 is 1.71 bits per heavy atom. The van der Waals surface area contributed by atoms with Crippen molar-refractivity contribution >= 4 is 71.6 Å². The average Bonchev–Trinajstić information content (AvgIpc) is 3.85. The summed E-state index contributed by atoms with van der Waals surface area (Å²) in [5.74, 6) is 0.604. The van der Waals surface area contributed by atoms with Crippen LogP contribution in [0, 0.1) is 0 Å². The van der Waals surface area contributed by atoms with Crippen LogP contribution in [0.3, 0.4) is 0 Å². The van der Waals surface area contributed by atoms with Crippen molar-refractivity contribution in [2.45, 2.75) is 0 Å². The van der Waals surface area contributed by atoms with E-state index in [-0.39, 0.29) is 0 Å². The molecular weight excluding hydrogens is 673 g/mol. The summed E-state index contributed by atoms with van der Waals surface area (Å²) in [6.07, 6.45) is 0. The van der Waals surface area contributed by atoms with Gasteiger partial charge in [0.15, 0.2) is 5.58 Å². The second kappa shape index (κ2) is 12.6. The van der Waals surface area contributed by atoms with Gasteiger partial charge in [0.1, 0.15) is 16.7 Å². The molecule has 258 valence electrons. The zero-order valence-corrected chi connectivity index (χ0v) is 29.7. The van der Waals surface area contributed by atoms with Gasteiger partial charge >= 0.3 is 0 Å². The Bertz CT molecular complexity index is 3180. The largest absolute Gasteiger partial charge is 0.455 e. The molecule has 0 saturated carbocycles. The van der Waals surface area contributed by atoms with E-state index < -0.39 is 0 Å². The smallest absolute Gasteiger partial charge is 0.227 e. The third kappa shape index (κ3) is 5.26. The Morgan fingerprint density at radius 1 is 0.364 bits per heavy atom. The number of furan rings is 1. The van der Waals surface area contributed by atoms with Crippen LogP contribution in [0.2, 0.25) is 0 Å². The highest BCUT2D eigenvalue weighted by molar-refractivity contribution is 6.14. The lowest BCUT2D eigenvalue weighted by atomic mass is 9.93. The van der Waals surface area contributed by atoms with E-state index in [0.717, 1.165) is 66.8 Å². The number of oxazole rings is 1. The molecule has 0 aliphatic carbocycles. The molecule has 9 aromatic carbocycles. The second-order valence-electron chi connectivity index (χ2n) is 13.9. The van der Waals surface area contributed by atoms with Crippen molar-refractivity contribution in [3.8, 4) is 33.7 Å². The number of benzene rings is 9. The molecule has 0 bridgehead atoms. The van der Waals surface area contributed by atoms with Gasteiger partial charge in [0.05, 0.1) is 0 Å². The zero-order valence-electron chi connectivity index (χ0n) is 29.7. The van der Waals surface area contributed by atoms with E-state index in [2.05, 4.69) is 157 Å². The summed E-state index contributed by atoms with van der Waals surface area (Å²) >= 11 is 0. The first kappa shape index (κ1) is 31.1. The SMILES string of the molecule is c1ccc(-c2nc3cc4oc5c(-c6ccc(N(c7ccccc7)c7ccc(-c8cc9ccccc9c9ccccc89)cc7)cc6)cccc5c4cc3o2)cc1. The summed E-state index contributed by atoms with van der Waals surface area (Å²) in [5, 5.41) is 7.10. The Kier molecular flexibility index (Phi) is 7.14. The topological polar surface area (TPSA) is 42.4 Å². The molecule has 55 heavy (non-hydrogen) atoms. The van der Waals surface area contributed by atoms with Gasteiger partial charge in [0, 0.05) is 45.0 Å². The van der Waals surface area contributed by atoms with Crippen LogP contribution in [0.5, 0.6) is 0 Å². The van der Waals surface area contributed by atoms with Gasteiger partial charge in [-0.1, -0.05) is 127 Å². The monoisotopic (exact) mass is 704 g/mol. The molecule has 0 radical (unpaired) electrons. The molecule has 0 saturated heterocycles.